The van der Waals surface area contributed by atoms with Crippen LogP contribution >= 0.6 is 0 Å². The van der Waals surface area contributed by atoms with Crippen molar-refractivity contribution in [1.82, 2.24) is 0 Å². The van der Waals surface area contributed by atoms with Crippen LogP contribution in [0.2, 0.25) is 0 Å². The molecule has 1 heterocycles. The Kier molecular flexibility index (Phi) is 1.89. The molecule has 2 nitrogen and oxygen atoms in total. The third kappa shape index (κ3) is 1.42. The van der Waals surface area contributed by atoms with Crippen molar-refractivity contribution in [3.63, 3.8) is 0 Å². The number of benzene rings is 1. The molecule has 2 N–H and O–H groups in total. The third-order valence-corrected chi connectivity index (χ3v) is 2.51. The topological polar surface area (TPSA) is 39.2 Å². The molecule has 0 fully saturated rings. The molecule has 0 bridgehead atoms. The molecule has 0 saturated heterocycles. The van der Waals surface area contributed by atoms with Gasteiger partial charge in [-0.1, -0.05) is 6.07 Å². The van der Waals surface area contributed by atoms with E-state index in [2.05, 4.69) is 6.07 Å². The molecular weight excluding hydrogens is 174 g/mol. The van der Waals surface area contributed by atoms with Gasteiger partial charge in [0.15, 0.2) is 0 Å². The van der Waals surface area contributed by atoms with Gasteiger partial charge < -0.3 is 10.2 Å². The average molecular weight is 189 g/mol. The first-order valence-electron chi connectivity index (χ1n) is 4.76. The molecule has 74 valence electrons. The summed E-state index contributed by atoms with van der Waals surface area (Å²) < 4.78 is 5.38. The Morgan fingerprint density at radius 2 is 2.00 bits per heavy atom. The summed E-state index contributed by atoms with van der Waals surface area (Å²) in [6.45, 7) is 6.05. The van der Waals surface area contributed by atoms with Crippen molar-refractivity contribution in [2.45, 2.75) is 26.3 Å². The SMILES string of the molecule is Cc1coc2ccc(C(C)(C)N)cc12. The maximum absolute atomic E-state index is 6.04. The van der Waals surface area contributed by atoms with Crippen molar-refractivity contribution in [2.24, 2.45) is 5.73 Å². The van der Waals surface area contributed by atoms with Crippen molar-refractivity contribution in [2.75, 3.05) is 0 Å². The summed E-state index contributed by atoms with van der Waals surface area (Å²) in [6, 6.07) is 6.10. The Morgan fingerprint density at radius 3 is 2.64 bits per heavy atom. The number of fused-ring (bicyclic) bond motifs is 1. The van der Waals surface area contributed by atoms with Gasteiger partial charge in [0, 0.05) is 10.9 Å². The smallest absolute Gasteiger partial charge is 0.134 e. The number of aryl methyl sites for hydroxylation is 1. The fraction of sp³-hybridized carbons (Fsp3) is 0.333. The monoisotopic (exact) mass is 189 g/mol. The molecule has 0 atom stereocenters. The zero-order valence-corrected chi connectivity index (χ0v) is 8.79. The molecule has 0 saturated carbocycles. The number of hydrogen-bond acceptors (Lipinski definition) is 2. The second kappa shape index (κ2) is 2.85. The van der Waals surface area contributed by atoms with Crippen LogP contribution in [0.25, 0.3) is 11.0 Å². The van der Waals surface area contributed by atoms with E-state index in [9.17, 15) is 0 Å². The molecule has 14 heavy (non-hydrogen) atoms. The summed E-state index contributed by atoms with van der Waals surface area (Å²) >= 11 is 0. The Hall–Kier alpha value is -1.28. The van der Waals surface area contributed by atoms with Crippen LogP contribution in [0.15, 0.2) is 28.9 Å². The summed E-state index contributed by atoms with van der Waals surface area (Å²) in [7, 11) is 0. The number of hydrogen-bond donors (Lipinski definition) is 1. The van der Waals surface area contributed by atoms with Gasteiger partial charge >= 0.3 is 0 Å². The second-order valence-electron chi connectivity index (χ2n) is 4.35. The number of rotatable bonds is 1. The van der Waals surface area contributed by atoms with E-state index in [0.717, 1.165) is 22.1 Å². The fourth-order valence-electron chi connectivity index (χ4n) is 1.56. The normalized spacial score (nSPS) is 12.3. The predicted molar refractivity (Wildman–Crippen MR) is 58.2 cm³/mol. The lowest BCUT2D eigenvalue weighted by Gasteiger charge is -2.18. The Bertz CT molecular complexity index is 463. The third-order valence-electron chi connectivity index (χ3n) is 2.51. The van der Waals surface area contributed by atoms with E-state index in [-0.39, 0.29) is 5.54 Å². The minimum atomic E-state index is -0.294. The largest absolute Gasteiger partial charge is 0.464 e. The van der Waals surface area contributed by atoms with Gasteiger partial charge in [0.05, 0.1) is 6.26 Å². The maximum Gasteiger partial charge on any atom is 0.134 e. The van der Waals surface area contributed by atoms with Gasteiger partial charge in [-0.3, -0.25) is 0 Å². The van der Waals surface area contributed by atoms with E-state index in [1.165, 1.54) is 0 Å². The van der Waals surface area contributed by atoms with Crippen molar-refractivity contribution in [3.05, 3.63) is 35.6 Å². The maximum atomic E-state index is 6.04. The zero-order chi connectivity index (χ0) is 10.3. The van der Waals surface area contributed by atoms with Crippen LogP contribution in [0.3, 0.4) is 0 Å². The van der Waals surface area contributed by atoms with Gasteiger partial charge in [0.1, 0.15) is 5.58 Å². The minimum Gasteiger partial charge on any atom is -0.464 e. The van der Waals surface area contributed by atoms with Crippen molar-refractivity contribution >= 4 is 11.0 Å². The van der Waals surface area contributed by atoms with Crippen LogP contribution in [0.1, 0.15) is 25.0 Å². The van der Waals surface area contributed by atoms with Crippen LogP contribution in [0, 0.1) is 6.92 Å². The molecule has 0 aliphatic carbocycles. The van der Waals surface area contributed by atoms with Crippen LogP contribution < -0.4 is 5.73 Å². The van der Waals surface area contributed by atoms with Crippen LogP contribution in [0.4, 0.5) is 0 Å². The second-order valence-corrected chi connectivity index (χ2v) is 4.35. The lowest BCUT2D eigenvalue weighted by molar-refractivity contribution is 0.554. The summed E-state index contributed by atoms with van der Waals surface area (Å²) in [5, 5.41) is 1.15. The summed E-state index contributed by atoms with van der Waals surface area (Å²) in [5.74, 6) is 0. The first-order chi connectivity index (χ1) is 6.48. The van der Waals surface area contributed by atoms with Crippen LogP contribution in [-0.4, -0.2) is 0 Å². The van der Waals surface area contributed by atoms with Crippen LogP contribution in [0.5, 0.6) is 0 Å². The average Bonchev–Trinajstić information content (AvgIpc) is 2.46. The lowest BCUT2D eigenvalue weighted by atomic mass is 9.94. The molecule has 2 rings (SSSR count). The molecule has 1 aromatic heterocycles. The molecule has 0 radical (unpaired) electrons. The van der Waals surface area contributed by atoms with E-state index >= 15 is 0 Å². The molecule has 0 unspecified atom stereocenters. The number of furan rings is 1. The highest BCUT2D eigenvalue weighted by Gasteiger charge is 2.15. The highest BCUT2D eigenvalue weighted by molar-refractivity contribution is 5.81. The quantitative estimate of drug-likeness (QED) is 0.749. The fourth-order valence-corrected chi connectivity index (χ4v) is 1.56. The van der Waals surface area contributed by atoms with E-state index in [1.807, 2.05) is 32.9 Å². The standard InChI is InChI=1S/C12H15NO/c1-8-7-14-11-5-4-9(6-10(8)11)12(2,3)13/h4-7H,13H2,1-3H3. The summed E-state index contributed by atoms with van der Waals surface area (Å²) in [6.07, 6.45) is 1.78. The van der Waals surface area contributed by atoms with Gasteiger partial charge in [0.25, 0.3) is 0 Å². The zero-order valence-electron chi connectivity index (χ0n) is 8.79. The molecule has 2 aromatic rings. The predicted octanol–water partition coefficient (Wildman–Crippen LogP) is 2.94. The van der Waals surface area contributed by atoms with Gasteiger partial charge in [0.2, 0.25) is 0 Å². The van der Waals surface area contributed by atoms with Gasteiger partial charge in [-0.2, -0.15) is 0 Å². The first kappa shape index (κ1) is 9.28. The number of nitrogens with two attached hydrogens (primary N) is 1. The highest BCUT2D eigenvalue weighted by atomic mass is 16.3. The molecule has 0 spiro atoms. The Labute approximate surface area is 83.7 Å². The van der Waals surface area contributed by atoms with Crippen molar-refractivity contribution in [3.8, 4) is 0 Å². The first-order valence-corrected chi connectivity index (χ1v) is 4.76. The molecular formula is C12H15NO. The summed E-state index contributed by atoms with van der Waals surface area (Å²) in [5.41, 5.74) is 8.96. The lowest BCUT2D eigenvalue weighted by Crippen LogP contribution is -2.28. The molecule has 1 aromatic carbocycles. The Morgan fingerprint density at radius 1 is 1.29 bits per heavy atom. The van der Waals surface area contributed by atoms with Gasteiger partial charge in [-0.05, 0) is 44.0 Å². The minimum absolute atomic E-state index is 0.294. The van der Waals surface area contributed by atoms with Gasteiger partial charge in [-0.15, -0.1) is 0 Å². The van der Waals surface area contributed by atoms with E-state index in [1.54, 1.807) is 6.26 Å². The van der Waals surface area contributed by atoms with E-state index in [4.69, 9.17) is 10.2 Å². The molecule has 0 aliphatic rings. The van der Waals surface area contributed by atoms with Crippen molar-refractivity contribution < 1.29 is 4.42 Å². The molecule has 2 heteroatoms. The Balaban J connectivity index is 2.66. The van der Waals surface area contributed by atoms with Crippen LogP contribution in [-0.2, 0) is 5.54 Å². The van der Waals surface area contributed by atoms with Gasteiger partial charge in [-0.25, -0.2) is 0 Å². The van der Waals surface area contributed by atoms with E-state index in [0.29, 0.717) is 0 Å². The summed E-state index contributed by atoms with van der Waals surface area (Å²) in [4.78, 5) is 0. The van der Waals surface area contributed by atoms with E-state index < -0.39 is 0 Å². The molecule has 0 amide bonds. The van der Waals surface area contributed by atoms with Crippen molar-refractivity contribution in [1.29, 1.82) is 0 Å². The molecule has 0 aliphatic heterocycles. The highest BCUT2D eigenvalue weighted by Crippen LogP contribution is 2.25.